The van der Waals surface area contributed by atoms with Crippen molar-refractivity contribution in [3.63, 3.8) is 0 Å². The summed E-state index contributed by atoms with van der Waals surface area (Å²) in [6, 6.07) is 8.65. The largest absolute Gasteiger partial charge is 0.497 e. The Morgan fingerprint density at radius 2 is 2.12 bits per heavy atom. The van der Waals surface area contributed by atoms with Gasteiger partial charge in [0, 0.05) is 6.04 Å². The highest BCUT2D eigenvalue weighted by molar-refractivity contribution is 5.30. The van der Waals surface area contributed by atoms with Gasteiger partial charge in [0.25, 0.3) is 0 Å². The van der Waals surface area contributed by atoms with E-state index >= 15 is 0 Å². The van der Waals surface area contributed by atoms with Crippen LogP contribution in [0.25, 0.3) is 0 Å². The Hall–Kier alpha value is -1.02. The van der Waals surface area contributed by atoms with Gasteiger partial charge in [-0.15, -0.1) is 0 Å². The van der Waals surface area contributed by atoms with Crippen LogP contribution in [0.4, 0.5) is 0 Å². The molecule has 0 heterocycles. The van der Waals surface area contributed by atoms with Crippen LogP contribution in [-0.2, 0) is 0 Å². The minimum atomic E-state index is 0.395. The number of methoxy groups -OCH3 is 1. The Bertz CT molecular complexity index is 299. The fraction of sp³-hybridized carbons (Fsp3) is 0.571. The summed E-state index contributed by atoms with van der Waals surface area (Å²) in [4.78, 5) is 0. The molecule has 1 N–H and O–H groups in total. The van der Waals surface area contributed by atoms with E-state index in [9.17, 15) is 0 Å². The van der Waals surface area contributed by atoms with Crippen molar-refractivity contribution in [1.82, 2.24) is 5.32 Å². The molecule has 0 aromatic heterocycles. The fourth-order valence-electron chi connectivity index (χ4n) is 1.72. The molecule has 0 radical (unpaired) electrons. The first-order chi connectivity index (χ1) is 7.77. The number of rotatable bonds is 7. The standard InChI is InChI=1S/C14H23NO/c1-4-5-6-10-15-12(2)13-8-7-9-14(11-13)16-3/h7-9,11-12,15H,4-6,10H2,1-3H3/t12-/m1/s1. The predicted molar refractivity (Wildman–Crippen MR) is 68.9 cm³/mol. The van der Waals surface area contributed by atoms with Gasteiger partial charge in [-0.05, 0) is 37.6 Å². The van der Waals surface area contributed by atoms with Crippen molar-refractivity contribution in [2.75, 3.05) is 13.7 Å². The van der Waals surface area contributed by atoms with Gasteiger partial charge in [0.1, 0.15) is 5.75 Å². The molecule has 0 aliphatic rings. The number of benzene rings is 1. The summed E-state index contributed by atoms with van der Waals surface area (Å²) >= 11 is 0. The van der Waals surface area contributed by atoms with E-state index < -0.39 is 0 Å². The van der Waals surface area contributed by atoms with Crippen LogP contribution >= 0.6 is 0 Å². The summed E-state index contributed by atoms with van der Waals surface area (Å²) in [7, 11) is 1.71. The molecule has 0 bridgehead atoms. The average molecular weight is 221 g/mol. The highest BCUT2D eigenvalue weighted by Crippen LogP contribution is 2.18. The van der Waals surface area contributed by atoms with Crippen molar-refractivity contribution in [3.05, 3.63) is 29.8 Å². The van der Waals surface area contributed by atoms with Crippen LogP contribution in [0.15, 0.2) is 24.3 Å². The first kappa shape index (κ1) is 13.0. The third kappa shape index (κ3) is 4.23. The molecule has 1 rings (SSSR count). The molecule has 0 amide bonds. The van der Waals surface area contributed by atoms with Crippen LogP contribution in [-0.4, -0.2) is 13.7 Å². The molecule has 0 aliphatic heterocycles. The maximum Gasteiger partial charge on any atom is 0.119 e. The van der Waals surface area contributed by atoms with Gasteiger partial charge in [-0.1, -0.05) is 31.9 Å². The molecule has 0 unspecified atom stereocenters. The van der Waals surface area contributed by atoms with Crippen molar-refractivity contribution in [2.45, 2.75) is 39.2 Å². The molecule has 0 saturated heterocycles. The molecule has 90 valence electrons. The van der Waals surface area contributed by atoms with Gasteiger partial charge >= 0.3 is 0 Å². The fourth-order valence-corrected chi connectivity index (χ4v) is 1.72. The first-order valence-electron chi connectivity index (χ1n) is 6.15. The predicted octanol–water partition coefficient (Wildman–Crippen LogP) is 3.54. The SMILES string of the molecule is CCCCCN[C@H](C)c1cccc(OC)c1. The molecule has 1 atom stereocenters. The highest BCUT2D eigenvalue weighted by atomic mass is 16.5. The zero-order valence-corrected chi connectivity index (χ0v) is 10.6. The van der Waals surface area contributed by atoms with Gasteiger partial charge in [-0.25, -0.2) is 0 Å². The van der Waals surface area contributed by atoms with Crippen molar-refractivity contribution < 1.29 is 4.74 Å². The third-order valence-corrected chi connectivity index (χ3v) is 2.82. The molecule has 1 aromatic rings. The lowest BCUT2D eigenvalue weighted by Crippen LogP contribution is -2.19. The second-order valence-corrected chi connectivity index (χ2v) is 4.16. The van der Waals surface area contributed by atoms with Crippen LogP contribution in [0.1, 0.15) is 44.7 Å². The van der Waals surface area contributed by atoms with E-state index in [0.29, 0.717) is 6.04 Å². The van der Waals surface area contributed by atoms with E-state index in [4.69, 9.17) is 4.74 Å². The number of hydrogen-bond donors (Lipinski definition) is 1. The molecule has 0 spiro atoms. The number of unbranched alkanes of at least 4 members (excludes halogenated alkanes) is 2. The van der Waals surface area contributed by atoms with Crippen LogP contribution in [0.5, 0.6) is 5.75 Å². The average Bonchev–Trinajstić information content (AvgIpc) is 2.34. The third-order valence-electron chi connectivity index (χ3n) is 2.82. The van der Waals surface area contributed by atoms with E-state index in [1.54, 1.807) is 7.11 Å². The van der Waals surface area contributed by atoms with Crippen molar-refractivity contribution in [1.29, 1.82) is 0 Å². The summed E-state index contributed by atoms with van der Waals surface area (Å²) in [6.45, 7) is 5.51. The van der Waals surface area contributed by atoms with E-state index in [1.165, 1.54) is 24.8 Å². The second kappa shape index (κ2) is 7.29. The minimum absolute atomic E-state index is 0.395. The molecular formula is C14H23NO. The van der Waals surface area contributed by atoms with Crippen LogP contribution in [0.2, 0.25) is 0 Å². The molecule has 0 aliphatic carbocycles. The van der Waals surface area contributed by atoms with Gasteiger partial charge in [0.05, 0.1) is 7.11 Å². The molecule has 0 fully saturated rings. The Morgan fingerprint density at radius 3 is 2.81 bits per heavy atom. The molecular weight excluding hydrogens is 198 g/mol. The van der Waals surface area contributed by atoms with E-state index in [1.807, 2.05) is 12.1 Å². The molecule has 2 heteroatoms. The summed E-state index contributed by atoms with van der Waals surface area (Å²) in [5.41, 5.74) is 1.29. The summed E-state index contributed by atoms with van der Waals surface area (Å²) in [5, 5.41) is 3.53. The normalized spacial score (nSPS) is 12.4. The highest BCUT2D eigenvalue weighted by Gasteiger charge is 2.04. The number of ether oxygens (including phenoxy) is 1. The topological polar surface area (TPSA) is 21.3 Å². The molecule has 0 saturated carbocycles. The monoisotopic (exact) mass is 221 g/mol. The molecule has 16 heavy (non-hydrogen) atoms. The van der Waals surface area contributed by atoms with Gasteiger partial charge in [-0.2, -0.15) is 0 Å². The molecule has 1 aromatic carbocycles. The Labute approximate surface area is 99.0 Å². The second-order valence-electron chi connectivity index (χ2n) is 4.16. The summed E-state index contributed by atoms with van der Waals surface area (Å²) in [5.74, 6) is 0.930. The van der Waals surface area contributed by atoms with Crippen molar-refractivity contribution in [3.8, 4) is 5.75 Å². The zero-order valence-electron chi connectivity index (χ0n) is 10.6. The Balaban J connectivity index is 2.42. The Morgan fingerprint density at radius 1 is 1.31 bits per heavy atom. The minimum Gasteiger partial charge on any atom is -0.497 e. The zero-order chi connectivity index (χ0) is 11.8. The van der Waals surface area contributed by atoms with Gasteiger partial charge < -0.3 is 10.1 Å². The van der Waals surface area contributed by atoms with E-state index in [2.05, 4.69) is 31.3 Å². The Kier molecular flexibility index (Phi) is 5.94. The maximum atomic E-state index is 5.22. The first-order valence-corrected chi connectivity index (χ1v) is 6.15. The van der Waals surface area contributed by atoms with Gasteiger partial charge in [0.15, 0.2) is 0 Å². The lowest BCUT2D eigenvalue weighted by atomic mass is 10.1. The van der Waals surface area contributed by atoms with Crippen LogP contribution < -0.4 is 10.1 Å². The summed E-state index contributed by atoms with van der Waals surface area (Å²) < 4.78 is 5.22. The smallest absolute Gasteiger partial charge is 0.119 e. The van der Waals surface area contributed by atoms with Crippen LogP contribution in [0.3, 0.4) is 0 Å². The van der Waals surface area contributed by atoms with E-state index in [0.717, 1.165) is 12.3 Å². The van der Waals surface area contributed by atoms with Gasteiger partial charge in [0.2, 0.25) is 0 Å². The van der Waals surface area contributed by atoms with Crippen molar-refractivity contribution in [2.24, 2.45) is 0 Å². The summed E-state index contributed by atoms with van der Waals surface area (Å²) in [6.07, 6.45) is 3.83. The number of nitrogens with one attached hydrogen (secondary N) is 1. The molecule has 2 nitrogen and oxygen atoms in total. The lowest BCUT2D eigenvalue weighted by Gasteiger charge is -2.14. The lowest BCUT2D eigenvalue weighted by molar-refractivity contribution is 0.413. The maximum absolute atomic E-state index is 5.22. The van der Waals surface area contributed by atoms with Crippen molar-refractivity contribution >= 4 is 0 Å². The van der Waals surface area contributed by atoms with Gasteiger partial charge in [-0.3, -0.25) is 0 Å². The van der Waals surface area contributed by atoms with E-state index in [-0.39, 0.29) is 0 Å². The van der Waals surface area contributed by atoms with Crippen LogP contribution in [0, 0.1) is 0 Å². The quantitative estimate of drug-likeness (QED) is 0.711. The number of hydrogen-bond acceptors (Lipinski definition) is 2.